The average Bonchev–Trinajstić information content (AvgIpc) is 2.87. The Morgan fingerprint density at radius 3 is 2.70 bits per heavy atom. The van der Waals surface area contributed by atoms with Crippen molar-refractivity contribution in [3.05, 3.63) is 34.9 Å². The molecule has 0 fully saturated rings. The first-order valence-electron chi connectivity index (χ1n) is 8.17. The first-order chi connectivity index (χ1) is 10.9. The lowest BCUT2D eigenvalue weighted by Gasteiger charge is -2.11. The number of carboxylic acid groups (broad SMARTS) is 1. The van der Waals surface area contributed by atoms with E-state index in [0.717, 1.165) is 36.8 Å². The van der Waals surface area contributed by atoms with Gasteiger partial charge in [0.25, 0.3) is 0 Å². The van der Waals surface area contributed by atoms with Crippen molar-refractivity contribution < 1.29 is 18.3 Å². The molecule has 0 spiro atoms. The summed E-state index contributed by atoms with van der Waals surface area (Å²) < 4.78 is 26.6. The SMILES string of the molecule is CCCCCS(=O)(=O)NCC1Cc2ccc(CC(=O)[O-])cc2C1. The average molecular weight is 338 g/mol. The van der Waals surface area contributed by atoms with Crippen LogP contribution in [-0.4, -0.2) is 26.7 Å². The quantitative estimate of drug-likeness (QED) is 0.675. The van der Waals surface area contributed by atoms with Gasteiger partial charge in [0.15, 0.2) is 0 Å². The molecule has 0 aromatic heterocycles. The van der Waals surface area contributed by atoms with Crippen molar-refractivity contribution >= 4 is 16.0 Å². The van der Waals surface area contributed by atoms with E-state index in [-0.39, 0.29) is 18.1 Å². The normalized spacial score (nSPS) is 17.2. The molecule has 0 saturated heterocycles. The highest BCUT2D eigenvalue weighted by atomic mass is 32.2. The van der Waals surface area contributed by atoms with Gasteiger partial charge in [-0.05, 0) is 41.9 Å². The summed E-state index contributed by atoms with van der Waals surface area (Å²) in [6, 6.07) is 5.66. The van der Waals surface area contributed by atoms with Crippen molar-refractivity contribution in [3.63, 3.8) is 0 Å². The third-order valence-corrected chi connectivity index (χ3v) is 5.68. The van der Waals surface area contributed by atoms with Crippen LogP contribution in [0.15, 0.2) is 18.2 Å². The minimum atomic E-state index is -3.19. The van der Waals surface area contributed by atoms with Gasteiger partial charge in [0.05, 0.1) is 5.75 Å². The Labute approximate surface area is 138 Å². The number of rotatable bonds is 9. The van der Waals surface area contributed by atoms with Crippen LogP contribution in [0.3, 0.4) is 0 Å². The number of carbonyl (C=O) groups excluding carboxylic acids is 1. The second kappa shape index (κ2) is 7.93. The molecule has 0 saturated carbocycles. The molecule has 1 aliphatic carbocycles. The molecule has 0 radical (unpaired) electrons. The van der Waals surface area contributed by atoms with Crippen molar-refractivity contribution in [1.82, 2.24) is 4.72 Å². The Morgan fingerprint density at radius 1 is 1.26 bits per heavy atom. The third-order valence-electron chi connectivity index (χ3n) is 4.24. The lowest BCUT2D eigenvalue weighted by atomic mass is 10.0. The number of carbonyl (C=O) groups is 1. The molecule has 1 atom stereocenters. The molecule has 5 nitrogen and oxygen atoms in total. The summed E-state index contributed by atoms with van der Waals surface area (Å²) in [7, 11) is -3.19. The fourth-order valence-corrected chi connectivity index (χ4v) is 4.26. The van der Waals surface area contributed by atoms with Crippen molar-refractivity contribution in [3.8, 4) is 0 Å². The van der Waals surface area contributed by atoms with Crippen LogP contribution >= 0.6 is 0 Å². The number of hydrogen-bond donors (Lipinski definition) is 1. The van der Waals surface area contributed by atoms with E-state index in [4.69, 9.17) is 0 Å². The second-order valence-electron chi connectivity index (χ2n) is 6.30. The standard InChI is InChI=1S/C17H25NO4S/c1-2-3-4-7-23(21,22)18-12-14-9-15-6-5-13(11-17(19)20)8-16(15)10-14/h5-6,8,14,18H,2-4,7,9-12H2,1H3,(H,19,20)/p-1. The van der Waals surface area contributed by atoms with Crippen molar-refractivity contribution in [2.45, 2.75) is 45.4 Å². The second-order valence-corrected chi connectivity index (χ2v) is 8.23. The predicted octanol–water partition coefficient (Wildman–Crippen LogP) is 0.803. The molecule has 1 unspecified atom stereocenters. The number of aliphatic carboxylic acids is 1. The molecular formula is C17H24NO4S-. The number of unbranched alkanes of at least 4 members (excludes halogenated alkanes) is 2. The zero-order valence-electron chi connectivity index (χ0n) is 13.5. The van der Waals surface area contributed by atoms with Crippen LogP contribution in [-0.2, 0) is 34.1 Å². The fourth-order valence-electron chi connectivity index (χ4n) is 3.04. The molecule has 6 heteroatoms. The maximum Gasteiger partial charge on any atom is 0.211 e. The van der Waals surface area contributed by atoms with Gasteiger partial charge >= 0.3 is 0 Å². The molecule has 23 heavy (non-hydrogen) atoms. The molecule has 1 N–H and O–H groups in total. The molecule has 1 aromatic carbocycles. The summed E-state index contributed by atoms with van der Waals surface area (Å²) in [5.74, 6) is -0.653. The van der Waals surface area contributed by atoms with E-state index in [0.29, 0.717) is 13.0 Å². The summed E-state index contributed by atoms with van der Waals surface area (Å²) >= 11 is 0. The van der Waals surface area contributed by atoms with Crippen molar-refractivity contribution in [1.29, 1.82) is 0 Å². The third kappa shape index (κ3) is 5.62. The van der Waals surface area contributed by atoms with Gasteiger partial charge in [0, 0.05) is 18.9 Å². The molecule has 2 rings (SSSR count). The zero-order valence-corrected chi connectivity index (χ0v) is 14.3. The van der Waals surface area contributed by atoms with Crippen LogP contribution in [0.4, 0.5) is 0 Å². The topological polar surface area (TPSA) is 86.3 Å². The predicted molar refractivity (Wildman–Crippen MR) is 87.4 cm³/mol. The van der Waals surface area contributed by atoms with Crippen LogP contribution < -0.4 is 9.83 Å². The largest absolute Gasteiger partial charge is 0.550 e. The lowest BCUT2D eigenvalue weighted by molar-refractivity contribution is -0.304. The molecular weight excluding hydrogens is 314 g/mol. The molecule has 0 heterocycles. The van der Waals surface area contributed by atoms with Crippen LogP contribution in [0.2, 0.25) is 0 Å². The van der Waals surface area contributed by atoms with E-state index in [1.165, 1.54) is 5.56 Å². The minimum absolute atomic E-state index is 0.0813. The van der Waals surface area contributed by atoms with Gasteiger partial charge in [-0.15, -0.1) is 0 Å². The highest BCUT2D eigenvalue weighted by molar-refractivity contribution is 7.89. The first kappa shape index (κ1) is 17.9. The summed E-state index contributed by atoms with van der Waals surface area (Å²) in [6.45, 7) is 2.49. The van der Waals surface area contributed by atoms with Gasteiger partial charge in [0.1, 0.15) is 0 Å². The summed E-state index contributed by atoms with van der Waals surface area (Å²) in [5, 5.41) is 10.7. The minimum Gasteiger partial charge on any atom is -0.550 e. The fraction of sp³-hybridized carbons (Fsp3) is 0.588. The van der Waals surface area contributed by atoms with Crippen LogP contribution in [0.25, 0.3) is 0 Å². The number of nitrogens with one attached hydrogen (secondary N) is 1. The maximum atomic E-state index is 11.9. The van der Waals surface area contributed by atoms with Crippen LogP contribution in [0.5, 0.6) is 0 Å². The number of carboxylic acids is 1. The number of benzene rings is 1. The van der Waals surface area contributed by atoms with Gasteiger partial charge in [-0.1, -0.05) is 38.0 Å². The van der Waals surface area contributed by atoms with Gasteiger partial charge in [-0.3, -0.25) is 0 Å². The van der Waals surface area contributed by atoms with Crippen molar-refractivity contribution in [2.24, 2.45) is 5.92 Å². The van der Waals surface area contributed by atoms with Crippen molar-refractivity contribution in [2.75, 3.05) is 12.3 Å². The Morgan fingerprint density at radius 2 is 2.00 bits per heavy atom. The van der Waals surface area contributed by atoms with E-state index < -0.39 is 16.0 Å². The highest BCUT2D eigenvalue weighted by Gasteiger charge is 2.23. The monoisotopic (exact) mass is 338 g/mol. The highest BCUT2D eigenvalue weighted by Crippen LogP contribution is 2.27. The van der Waals surface area contributed by atoms with E-state index in [1.54, 1.807) is 0 Å². The van der Waals surface area contributed by atoms with Crippen LogP contribution in [0.1, 0.15) is 42.9 Å². The molecule has 1 aromatic rings. The molecule has 1 aliphatic rings. The first-order valence-corrected chi connectivity index (χ1v) is 9.82. The molecule has 0 aliphatic heterocycles. The van der Waals surface area contributed by atoms with E-state index in [2.05, 4.69) is 4.72 Å². The Kier molecular flexibility index (Phi) is 6.18. The number of hydrogen-bond acceptors (Lipinski definition) is 4. The lowest BCUT2D eigenvalue weighted by Crippen LogP contribution is -2.31. The summed E-state index contributed by atoms with van der Waals surface area (Å²) in [6.07, 6.45) is 4.16. The Balaban J connectivity index is 1.86. The van der Waals surface area contributed by atoms with Crippen LogP contribution in [0, 0.1) is 5.92 Å². The Hall–Kier alpha value is -1.40. The molecule has 0 amide bonds. The molecule has 0 bridgehead atoms. The van der Waals surface area contributed by atoms with Gasteiger partial charge in [-0.25, -0.2) is 13.1 Å². The maximum absolute atomic E-state index is 11.9. The zero-order chi connectivity index (χ0) is 16.9. The van der Waals surface area contributed by atoms with Gasteiger partial charge in [0.2, 0.25) is 10.0 Å². The van der Waals surface area contributed by atoms with E-state index in [1.807, 2.05) is 25.1 Å². The van der Waals surface area contributed by atoms with Gasteiger partial charge in [-0.2, -0.15) is 0 Å². The summed E-state index contributed by atoms with van der Waals surface area (Å²) in [5.41, 5.74) is 3.05. The summed E-state index contributed by atoms with van der Waals surface area (Å²) in [4.78, 5) is 10.7. The van der Waals surface area contributed by atoms with E-state index >= 15 is 0 Å². The Bertz CT molecular complexity index is 655. The number of sulfonamides is 1. The smallest absolute Gasteiger partial charge is 0.211 e. The van der Waals surface area contributed by atoms with E-state index in [9.17, 15) is 18.3 Å². The molecule has 128 valence electrons. The number of fused-ring (bicyclic) bond motifs is 1. The van der Waals surface area contributed by atoms with Gasteiger partial charge < -0.3 is 9.90 Å².